The van der Waals surface area contributed by atoms with Crippen LogP contribution in [0.4, 0.5) is 10.9 Å². The molecule has 0 radical (unpaired) electrons. The molecule has 23 heavy (non-hydrogen) atoms. The van der Waals surface area contributed by atoms with Crippen LogP contribution in [0.25, 0.3) is 11.0 Å². The van der Waals surface area contributed by atoms with Gasteiger partial charge in [-0.2, -0.15) is 0 Å². The zero-order chi connectivity index (χ0) is 16.8. The van der Waals surface area contributed by atoms with Crippen molar-refractivity contribution < 1.29 is 8.42 Å². The van der Waals surface area contributed by atoms with E-state index in [-0.39, 0.29) is 20.3 Å². The molecule has 3 aromatic rings. The van der Waals surface area contributed by atoms with Gasteiger partial charge in [-0.15, -0.1) is 10.2 Å². The monoisotopic (exact) mass is 370 g/mol. The summed E-state index contributed by atoms with van der Waals surface area (Å²) < 4.78 is 25.3. The number of sulfone groups is 1. The van der Waals surface area contributed by atoms with Crippen LogP contribution in [0.5, 0.6) is 0 Å². The molecule has 0 spiro atoms. The molecule has 0 fully saturated rings. The van der Waals surface area contributed by atoms with Gasteiger partial charge >= 0.3 is 0 Å². The normalized spacial score (nSPS) is 11.8. The Morgan fingerprint density at radius 2 is 1.91 bits per heavy atom. The Labute approximate surface area is 140 Å². The molecule has 0 aliphatic rings. The Bertz CT molecular complexity index is 1000. The number of nitrogens with two attached hydrogens (primary N) is 1. The minimum absolute atomic E-state index is 0.0653. The van der Waals surface area contributed by atoms with E-state index in [4.69, 9.17) is 17.3 Å². The van der Waals surface area contributed by atoms with Crippen LogP contribution in [0.3, 0.4) is 0 Å². The second kappa shape index (κ2) is 5.55. The van der Waals surface area contributed by atoms with Gasteiger partial charge in [-0.25, -0.2) is 18.4 Å². The lowest BCUT2D eigenvalue weighted by Crippen LogP contribution is -2.17. The Morgan fingerprint density at radius 3 is 2.52 bits per heavy atom. The molecule has 0 amide bonds. The van der Waals surface area contributed by atoms with Gasteiger partial charge in [0.1, 0.15) is 0 Å². The number of anilines is 2. The smallest absolute Gasteiger partial charge is 0.256 e. The van der Waals surface area contributed by atoms with Crippen molar-refractivity contribution >= 4 is 54.8 Å². The van der Waals surface area contributed by atoms with Crippen LogP contribution >= 0.6 is 22.9 Å². The van der Waals surface area contributed by atoms with Crippen LogP contribution < -0.4 is 10.6 Å². The van der Waals surface area contributed by atoms with Crippen molar-refractivity contribution in [2.45, 2.75) is 9.37 Å². The van der Waals surface area contributed by atoms with Crippen molar-refractivity contribution in [2.75, 3.05) is 24.7 Å². The third-order valence-electron chi connectivity index (χ3n) is 2.91. The van der Waals surface area contributed by atoms with E-state index in [1.807, 2.05) is 0 Å². The minimum atomic E-state index is -3.98. The highest BCUT2D eigenvalue weighted by Crippen LogP contribution is 2.30. The molecule has 1 aromatic carbocycles. The lowest BCUT2D eigenvalue weighted by molar-refractivity contribution is 0.590. The fraction of sp³-hybridized carbons (Fsp3) is 0.167. The van der Waals surface area contributed by atoms with E-state index in [1.165, 1.54) is 0 Å². The molecule has 0 aliphatic carbocycles. The number of nitrogen functional groups attached to an aromatic ring is 1. The van der Waals surface area contributed by atoms with E-state index < -0.39 is 9.84 Å². The van der Waals surface area contributed by atoms with Gasteiger partial charge < -0.3 is 10.6 Å². The minimum Gasteiger partial charge on any atom is -0.374 e. The van der Waals surface area contributed by atoms with Crippen molar-refractivity contribution in [3.63, 3.8) is 0 Å². The van der Waals surface area contributed by atoms with Crippen molar-refractivity contribution in [3.05, 3.63) is 23.2 Å². The van der Waals surface area contributed by atoms with Crippen LogP contribution in [0.2, 0.25) is 5.02 Å². The van der Waals surface area contributed by atoms with Gasteiger partial charge in [0.15, 0.2) is 5.82 Å². The Kier molecular flexibility index (Phi) is 3.82. The average molecular weight is 371 g/mol. The van der Waals surface area contributed by atoms with E-state index >= 15 is 0 Å². The van der Waals surface area contributed by atoms with Crippen LogP contribution in [0.1, 0.15) is 0 Å². The molecule has 0 saturated heterocycles. The van der Waals surface area contributed by atoms with Gasteiger partial charge in [0.2, 0.25) is 14.5 Å². The van der Waals surface area contributed by atoms with Gasteiger partial charge in [0.25, 0.3) is 9.84 Å². The second-order valence-electron chi connectivity index (χ2n) is 4.79. The molecule has 2 heterocycles. The molecule has 8 nitrogen and oxygen atoms in total. The Morgan fingerprint density at radius 1 is 1.17 bits per heavy atom. The summed E-state index contributed by atoms with van der Waals surface area (Å²) in [6.07, 6.45) is 0. The van der Waals surface area contributed by atoms with Gasteiger partial charge in [0.05, 0.1) is 11.0 Å². The van der Waals surface area contributed by atoms with E-state index in [2.05, 4.69) is 20.2 Å². The van der Waals surface area contributed by atoms with Crippen molar-refractivity contribution in [2.24, 2.45) is 0 Å². The predicted octanol–water partition coefficient (Wildman–Crippen LogP) is 1.62. The molecule has 0 aliphatic heterocycles. The summed E-state index contributed by atoms with van der Waals surface area (Å²) >= 11 is 6.73. The maximum Gasteiger partial charge on any atom is 0.256 e. The molecule has 120 valence electrons. The van der Waals surface area contributed by atoms with E-state index in [0.717, 1.165) is 11.3 Å². The highest BCUT2D eigenvalue weighted by molar-refractivity contribution is 7.93. The lowest BCUT2D eigenvalue weighted by atomic mass is 10.3. The van der Waals surface area contributed by atoms with E-state index in [9.17, 15) is 8.42 Å². The standard InChI is InChI=1S/C12H11ClN6O2S2/c1-19(2)9-10(23(20,21)12-18-17-11(14)22-12)16-7-4-3-6(13)5-8(7)15-9/h3-5H,1-2H3,(H2,14,17). The number of fused-ring (bicyclic) bond motifs is 1. The number of rotatable bonds is 3. The number of halogens is 1. The molecule has 2 aromatic heterocycles. The predicted molar refractivity (Wildman–Crippen MR) is 88.6 cm³/mol. The maximum atomic E-state index is 12.8. The first kappa shape index (κ1) is 15.8. The lowest BCUT2D eigenvalue weighted by Gasteiger charge is -2.15. The van der Waals surface area contributed by atoms with Gasteiger partial charge in [0, 0.05) is 19.1 Å². The molecular formula is C12H11ClN6O2S2. The average Bonchev–Trinajstić information content (AvgIpc) is 2.93. The van der Waals surface area contributed by atoms with Gasteiger partial charge in [-0.05, 0) is 18.2 Å². The third-order valence-corrected chi connectivity index (χ3v) is 5.92. The highest BCUT2D eigenvalue weighted by atomic mass is 35.5. The molecule has 0 atom stereocenters. The number of hydrogen-bond donors (Lipinski definition) is 1. The summed E-state index contributed by atoms with van der Waals surface area (Å²) in [4.78, 5) is 10.2. The molecule has 0 unspecified atom stereocenters. The molecule has 0 bridgehead atoms. The molecule has 11 heteroatoms. The van der Waals surface area contributed by atoms with Crippen LogP contribution in [-0.2, 0) is 9.84 Å². The molecule has 3 rings (SSSR count). The zero-order valence-electron chi connectivity index (χ0n) is 12.1. The summed E-state index contributed by atoms with van der Waals surface area (Å²) in [5, 5.41) is 7.51. The number of nitrogens with zero attached hydrogens (tertiary/aromatic N) is 5. The number of aromatic nitrogens is 4. The summed E-state index contributed by atoms with van der Waals surface area (Å²) in [6.45, 7) is 0. The summed E-state index contributed by atoms with van der Waals surface area (Å²) in [5.41, 5.74) is 6.39. The Balaban J connectivity index is 2.31. The first-order valence-electron chi connectivity index (χ1n) is 6.28. The highest BCUT2D eigenvalue weighted by Gasteiger charge is 2.29. The molecule has 0 saturated carbocycles. The van der Waals surface area contributed by atoms with Crippen molar-refractivity contribution in [3.8, 4) is 0 Å². The van der Waals surface area contributed by atoms with Gasteiger partial charge in [-0.3, -0.25) is 0 Å². The number of hydrogen-bond acceptors (Lipinski definition) is 9. The quantitative estimate of drug-likeness (QED) is 0.739. The molecule has 2 N–H and O–H groups in total. The van der Waals surface area contributed by atoms with Crippen LogP contribution in [-0.4, -0.2) is 42.7 Å². The van der Waals surface area contributed by atoms with E-state index in [0.29, 0.717) is 16.1 Å². The first-order valence-corrected chi connectivity index (χ1v) is 8.95. The summed E-state index contributed by atoms with van der Waals surface area (Å²) in [6, 6.07) is 4.85. The van der Waals surface area contributed by atoms with Gasteiger partial charge in [-0.1, -0.05) is 22.9 Å². The number of benzene rings is 1. The SMILES string of the molecule is CN(C)c1nc2cc(Cl)ccc2nc1S(=O)(=O)c1nnc(N)s1. The van der Waals surface area contributed by atoms with Crippen molar-refractivity contribution in [1.29, 1.82) is 0 Å². The van der Waals surface area contributed by atoms with Crippen molar-refractivity contribution in [1.82, 2.24) is 20.2 Å². The largest absolute Gasteiger partial charge is 0.374 e. The fourth-order valence-corrected chi connectivity index (χ4v) is 4.33. The van der Waals surface area contributed by atoms with Crippen LogP contribution in [0, 0.1) is 0 Å². The summed E-state index contributed by atoms with van der Waals surface area (Å²) in [7, 11) is -0.630. The van der Waals surface area contributed by atoms with E-state index in [1.54, 1.807) is 37.2 Å². The first-order chi connectivity index (χ1) is 10.8. The fourth-order valence-electron chi connectivity index (χ4n) is 1.89. The molecular weight excluding hydrogens is 360 g/mol. The summed E-state index contributed by atoms with van der Waals surface area (Å²) in [5.74, 6) is 0.188. The zero-order valence-corrected chi connectivity index (χ0v) is 14.4. The third kappa shape index (κ3) is 2.80. The topological polar surface area (TPSA) is 115 Å². The van der Waals surface area contributed by atoms with Crippen LogP contribution in [0.15, 0.2) is 27.6 Å². The Hall–Kier alpha value is -2.04. The second-order valence-corrected chi connectivity index (χ2v) is 8.27. The maximum absolute atomic E-state index is 12.8.